The van der Waals surface area contributed by atoms with Crippen molar-refractivity contribution < 1.29 is 4.79 Å². The number of benzene rings is 1. The Bertz CT molecular complexity index is 704. The third-order valence-electron chi connectivity index (χ3n) is 4.77. The van der Waals surface area contributed by atoms with Crippen LogP contribution in [0.3, 0.4) is 0 Å². The fourth-order valence-corrected chi connectivity index (χ4v) is 3.38. The summed E-state index contributed by atoms with van der Waals surface area (Å²) in [5.74, 6) is -0.127. The first kappa shape index (κ1) is 18.4. The summed E-state index contributed by atoms with van der Waals surface area (Å²) in [6.45, 7) is 8.15. The van der Waals surface area contributed by atoms with Crippen LogP contribution < -0.4 is 10.2 Å². The average Bonchev–Trinajstić information content (AvgIpc) is 2.93. The molecule has 1 aliphatic rings. The molecule has 0 radical (unpaired) electrons. The fourth-order valence-electron chi connectivity index (χ4n) is 3.38. The van der Waals surface area contributed by atoms with Crippen molar-refractivity contribution in [3.8, 4) is 0 Å². The number of amides is 1. The van der Waals surface area contributed by atoms with Gasteiger partial charge in [0.25, 0.3) is 5.91 Å². The van der Waals surface area contributed by atoms with Gasteiger partial charge in [-0.1, -0.05) is 37.3 Å². The van der Waals surface area contributed by atoms with Crippen molar-refractivity contribution in [3.05, 3.63) is 59.9 Å². The van der Waals surface area contributed by atoms with E-state index in [0.717, 1.165) is 50.4 Å². The van der Waals surface area contributed by atoms with Crippen molar-refractivity contribution in [2.45, 2.75) is 26.3 Å². The molecule has 1 fully saturated rings. The first-order chi connectivity index (χ1) is 12.8. The van der Waals surface area contributed by atoms with Crippen LogP contribution in [0.25, 0.3) is 0 Å². The molecular formula is C21H28N4O. The van der Waals surface area contributed by atoms with Crippen molar-refractivity contribution in [1.29, 1.82) is 0 Å². The van der Waals surface area contributed by atoms with Crippen molar-refractivity contribution >= 4 is 11.6 Å². The summed E-state index contributed by atoms with van der Waals surface area (Å²) < 4.78 is 0. The molecule has 2 aromatic rings. The van der Waals surface area contributed by atoms with E-state index >= 15 is 0 Å². The number of anilines is 1. The van der Waals surface area contributed by atoms with Crippen molar-refractivity contribution in [2.75, 3.05) is 37.6 Å². The van der Waals surface area contributed by atoms with Gasteiger partial charge in [-0.25, -0.2) is 0 Å². The largest absolute Gasteiger partial charge is 0.370 e. The summed E-state index contributed by atoms with van der Waals surface area (Å²) in [4.78, 5) is 21.6. The molecule has 5 heteroatoms. The molecule has 2 heterocycles. The van der Waals surface area contributed by atoms with Gasteiger partial charge >= 0.3 is 0 Å². The van der Waals surface area contributed by atoms with Crippen LogP contribution in [0.4, 0.5) is 5.69 Å². The van der Waals surface area contributed by atoms with Gasteiger partial charge in [-0.2, -0.15) is 0 Å². The Labute approximate surface area is 156 Å². The van der Waals surface area contributed by atoms with Crippen molar-refractivity contribution in [1.82, 2.24) is 15.2 Å². The number of nitrogens with zero attached hydrogens (tertiary/aromatic N) is 3. The van der Waals surface area contributed by atoms with Gasteiger partial charge in [0.1, 0.15) is 5.69 Å². The molecule has 138 valence electrons. The van der Waals surface area contributed by atoms with E-state index in [1.54, 1.807) is 6.20 Å². The predicted molar refractivity (Wildman–Crippen MR) is 105 cm³/mol. The lowest BCUT2D eigenvalue weighted by Gasteiger charge is -2.23. The van der Waals surface area contributed by atoms with Crippen molar-refractivity contribution in [2.24, 2.45) is 0 Å². The highest BCUT2D eigenvalue weighted by atomic mass is 16.1. The maximum Gasteiger partial charge on any atom is 0.270 e. The summed E-state index contributed by atoms with van der Waals surface area (Å²) in [6.07, 6.45) is 4.08. The predicted octanol–water partition coefficient (Wildman–Crippen LogP) is 2.93. The highest BCUT2D eigenvalue weighted by Gasteiger charge is 2.16. The lowest BCUT2D eigenvalue weighted by Crippen LogP contribution is -2.31. The minimum absolute atomic E-state index is 0.127. The molecule has 1 aromatic carbocycles. The van der Waals surface area contributed by atoms with Gasteiger partial charge in [0.15, 0.2) is 0 Å². The second kappa shape index (κ2) is 9.34. The van der Waals surface area contributed by atoms with Crippen molar-refractivity contribution in [3.63, 3.8) is 0 Å². The van der Waals surface area contributed by atoms with E-state index in [1.165, 1.54) is 6.42 Å². The molecule has 0 atom stereocenters. The van der Waals surface area contributed by atoms with Crippen LogP contribution in [0, 0.1) is 0 Å². The van der Waals surface area contributed by atoms with Gasteiger partial charge in [-0.05, 0) is 43.6 Å². The smallest absolute Gasteiger partial charge is 0.270 e. The summed E-state index contributed by atoms with van der Waals surface area (Å²) in [6, 6.07) is 13.8. The van der Waals surface area contributed by atoms with Crippen LogP contribution in [-0.4, -0.2) is 48.5 Å². The Kier molecular flexibility index (Phi) is 6.61. The van der Waals surface area contributed by atoms with Crippen LogP contribution in [0.1, 0.15) is 35.8 Å². The quantitative estimate of drug-likeness (QED) is 0.868. The monoisotopic (exact) mass is 352 g/mol. The van der Waals surface area contributed by atoms with Crippen LogP contribution in [0.2, 0.25) is 0 Å². The Morgan fingerprint density at radius 2 is 1.96 bits per heavy atom. The highest BCUT2D eigenvalue weighted by molar-refractivity contribution is 5.93. The zero-order chi connectivity index (χ0) is 18.2. The number of carbonyl (C=O) groups is 1. The van der Waals surface area contributed by atoms with Crippen LogP contribution in [-0.2, 0) is 6.54 Å². The molecule has 0 aliphatic carbocycles. The Hall–Kier alpha value is -2.40. The van der Waals surface area contributed by atoms with E-state index in [2.05, 4.69) is 27.0 Å². The standard InChI is InChI=1S/C21H28N4O/c1-2-11-24-12-6-13-25(15-14-24)19-9-10-22-20(16-19)21(26)23-17-18-7-4-3-5-8-18/h3-5,7-10,16H,2,6,11-15,17H2,1H3,(H,23,26). The third-order valence-corrected chi connectivity index (χ3v) is 4.77. The molecule has 1 N–H and O–H groups in total. The van der Waals surface area contributed by atoms with E-state index in [-0.39, 0.29) is 5.91 Å². The number of carbonyl (C=O) groups excluding carboxylic acids is 1. The lowest BCUT2D eigenvalue weighted by atomic mass is 10.2. The number of rotatable bonds is 6. The number of hydrogen-bond donors (Lipinski definition) is 1. The van der Waals surface area contributed by atoms with E-state index in [1.807, 2.05) is 42.5 Å². The van der Waals surface area contributed by atoms with E-state index in [9.17, 15) is 4.79 Å². The first-order valence-corrected chi connectivity index (χ1v) is 9.51. The molecule has 0 bridgehead atoms. The average molecular weight is 352 g/mol. The Morgan fingerprint density at radius 1 is 1.12 bits per heavy atom. The second-order valence-corrected chi connectivity index (χ2v) is 6.75. The first-order valence-electron chi connectivity index (χ1n) is 9.51. The number of nitrogens with one attached hydrogen (secondary N) is 1. The molecular weight excluding hydrogens is 324 g/mol. The van der Waals surface area contributed by atoms with Gasteiger partial charge in [-0.3, -0.25) is 9.78 Å². The third kappa shape index (κ3) is 5.05. The Balaban J connectivity index is 1.61. The number of hydrogen-bond acceptors (Lipinski definition) is 4. The van der Waals surface area contributed by atoms with Gasteiger partial charge in [0.2, 0.25) is 0 Å². The molecule has 0 saturated carbocycles. The zero-order valence-electron chi connectivity index (χ0n) is 15.5. The molecule has 1 aromatic heterocycles. The van der Waals surface area contributed by atoms with E-state index in [0.29, 0.717) is 12.2 Å². The SMILES string of the molecule is CCCN1CCCN(c2ccnc(C(=O)NCc3ccccc3)c2)CC1. The van der Waals surface area contributed by atoms with Crippen LogP contribution in [0.5, 0.6) is 0 Å². The molecule has 1 amide bonds. The number of aromatic nitrogens is 1. The van der Waals surface area contributed by atoms with E-state index < -0.39 is 0 Å². The van der Waals surface area contributed by atoms with Gasteiger partial charge in [0, 0.05) is 38.1 Å². The van der Waals surface area contributed by atoms with Gasteiger partial charge in [0.05, 0.1) is 0 Å². The normalized spacial score (nSPS) is 15.5. The molecule has 1 aliphatic heterocycles. The van der Waals surface area contributed by atoms with Crippen LogP contribution >= 0.6 is 0 Å². The van der Waals surface area contributed by atoms with E-state index in [4.69, 9.17) is 0 Å². The minimum atomic E-state index is -0.127. The summed E-state index contributed by atoms with van der Waals surface area (Å²) >= 11 is 0. The zero-order valence-corrected chi connectivity index (χ0v) is 15.5. The number of pyridine rings is 1. The maximum atomic E-state index is 12.5. The molecule has 0 spiro atoms. The molecule has 26 heavy (non-hydrogen) atoms. The second-order valence-electron chi connectivity index (χ2n) is 6.75. The Morgan fingerprint density at radius 3 is 2.77 bits per heavy atom. The van der Waals surface area contributed by atoms with Gasteiger partial charge in [-0.15, -0.1) is 0 Å². The highest BCUT2D eigenvalue weighted by Crippen LogP contribution is 2.17. The summed E-state index contributed by atoms with van der Waals surface area (Å²) in [7, 11) is 0. The maximum absolute atomic E-state index is 12.5. The molecule has 5 nitrogen and oxygen atoms in total. The topological polar surface area (TPSA) is 48.5 Å². The molecule has 0 unspecified atom stereocenters. The lowest BCUT2D eigenvalue weighted by molar-refractivity contribution is 0.0946. The molecule has 3 rings (SSSR count). The minimum Gasteiger partial charge on any atom is -0.370 e. The summed E-state index contributed by atoms with van der Waals surface area (Å²) in [5.41, 5.74) is 2.65. The summed E-state index contributed by atoms with van der Waals surface area (Å²) in [5, 5.41) is 2.95. The fraction of sp³-hybridized carbons (Fsp3) is 0.429. The molecule has 1 saturated heterocycles. The van der Waals surface area contributed by atoms with Crippen LogP contribution in [0.15, 0.2) is 48.7 Å². The van der Waals surface area contributed by atoms with Gasteiger partial charge < -0.3 is 15.1 Å².